The van der Waals surface area contributed by atoms with Crippen LogP contribution in [0.15, 0.2) is 40.9 Å². The molecular formula is C15H13BrCl2O. The maximum absolute atomic E-state index is 6.57. The number of alkyl halides is 1. The second-order valence-electron chi connectivity index (χ2n) is 4.31. The van der Waals surface area contributed by atoms with E-state index in [-0.39, 0.29) is 5.38 Å². The lowest BCUT2D eigenvalue weighted by atomic mass is 10.0. The summed E-state index contributed by atoms with van der Waals surface area (Å²) in [5.41, 5.74) is 2.96. The van der Waals surface area contributed by atoms with E-state index in [1.165, 1.54) is 0 Å². The zero-order valence-electron chi connectivity index (χ0n) is 10.6. The lowest BCUT2D eigenvalue weighted by Gasteiger charge is -2.15. The van der Waals surface area contributed by atoms with E-state index < -0.39 is 0 Å². The molecule has 0 amide bonds. The Bertz CT molecular complexity index is 578. The molecule has 2 rings (SSSR count). The van der Waals surface area contributed by atoms with E-state index in [1.807, 2.05) is 43.3 Å². The van der Waals surface area contributed by atoms with Crippen LogP contribution < -0.4 is 4.74 Å². The van der Waals surface area contributed by atoms with E-state index in [9.17, 15) is 0 Å². The lowest BCUT2D eigenvalue weighted by molar-refractivity contribution is 0.410. The topological polar surface area (TPSA) is 9.23 Å². The largest absolute Gasteiger partial charge is 0.496 e. The maximum Gasteiger partial charge on any atom is 0.123 e. The van der Waals surface area contributed by atoms with Crippen LogP contribution in [0.4, 0.5) is 0 Å². The van der Waals surface area contributed by atoms with Gasteiger partial charge in [-0.25, -0.2) is 0 Å². The van der Waals surface area contributed by atoms with Crippen LogP contribution in [0.3, 0.4) is 0 Å². The molecule has 0 saturated carbocycles. The average Bonchev–Trinajstić information content (AvgIpc) is 2.36. The number of methoxy groups -OCH3 is 1. The van der Waals surface area contributed by atoms with Crippen molar-refractivity contribution in [1.82, 2.24) is 0 Å². The minimum absolute atomic E-state index is 0.301. The van der Waals surface area contributed by atoms with Crippen molar-refractivity contribution in [2.45, 2.75) is 12.3 Å². The molecule has 0 N–H and O–H groups in total. The molecule has 4 heteroatoms. The third-order valence-electron chi connectivity index (χ3n) is 2.82. The highest BCUT2D eigenvalue weighted by molar-refractivity contribution is 9.10. The van der Waals surface area contributed by atoms with Crippen molar-refractivity contribution in [1.29, 1.82) is 0 Å². The molecule has 0 heterocycles. The quantitative estimate of drug-likeness (QED) is 0.634. The molecule has 0 aliphatic rings. The fourth-order valence-electron chi connectivity index (χ4n) is 1.99. The van der Waals surface area contributed by atoms with Crippen LogP contribution in [-0.2, 0) is 0 Å². The molecule has 19 heavy (non-hydrogen) atoms. The molecule has 2 aromatic carbocycles. The first-order valence-corrected chi connectivity index (χ1v) is 7.36. The molecule has 0 aromatic heterocycles. The Morgan fingerprint density at radius 3 is 2.53 bits per heavy atom. The minimum atomic E-state index is -0.301. The number of ether oxygens (including phenoxy) is 1. The molecule has 0 aliphatic carbocycles. The van der Waals surface area contributed by atoms with E-state index >= 15 is 0 Å². The van der Waals surface area contributed by atoms with E-state index in [0.29, 0.717) is 5.02 Å². The smallest absolute Gasteiger partial charge is 0.123 e. The zero-order valence-corrected chi connectivity index (χ0v) is 13.7. The summed E-state index contributed by atoms with van der Waals surface area (Å²) in [6.07, 6.45) is 0. The van der Waals surface area contributed by atoms with Crippen molar-refractivity contribution in [2.75, 3.05) is 7.11 Å². The van der Waals surface area contributed by atoms with Gasteiger partial charge in [-0.15, -0.1) is 11.6 Å². The van der Waals surface area contributed by atoms with Gasteiger partial charge in [0.1, 0.15) is 5.75 Å². The Morgan fingerprint density at radius 1 is 1.16 bits per heavy atom. The van der Waals surface area contributed by atoms with Gasteiger partial charge in [-0.3, -0.25) is 0 Å². The molecule has 1 unspecified atom stereocenters. The summed E-state index contributed by atoms with van der Waals surface area (Å²) in [7, 11) is 1.64. The summed E-state index contributed by atoms with van der Waals surface area (Å²) in [5.74, 6) is 0.765. The normalized spacial score (nSPS) is 12.3. The first-order valence-electron chi connectivity index (χ1n) is 5.76. The first-order chi connectivity index (χ1) is 9.01. The van der Waals surface area contributed by atoms with Gasteiger partial charge in [0.05, 0.1) is 12.5 Å². The van der Waals surface area contributed by atoms with Gasteiger partial charge in [0.2, 0.25) is 0 Å². The summed E-state index contributed by atoms with van der Waals surface area (Å²) < 4.78 is 6.33. The van der Waals surface area contributed by atoms with Crippen LogP contribution in [0.2, 0.25) is 5.02 Å². The molecule has 1 nitrogen and oxygen atoms in total. The van der Waals surface area contributed by atoms with Gasteiger partial charge in [0, 0.05) is 15.1 Å². The van der Waals surface area contributed by atoms with E-state index in [1.54, 1.807) is 7.11 Å². The molecule has 0 aliphatic heterocycles. The monoisotopic (exact) mass is 358 g/mol. The van der Waals surface area contributed by atoms with Gasteiger partial charge in [-0.05, 0) is 48.4 Å². The SMILES string of the molecule is COc1ccc(Br)cc1C(Cl)c1cc(C)cc(Cl)c1. The number of benzene rings is 2. The predicted octanol–water partition coefficient (Wildman–Crippen LogP) is 5.75. The third-order valence-corrected chi connectivity index (χ3v) is 4.02. The number of aryl methyl sites for hydroxylation is 1. The second kappa shape index (κ2) is 6.17. The summed E-state index contributed by atoms with van der Waals surface area (Å²) in [5, 5.41) is 0.388. The standard InChI is InChI=1S/C15H13BrCl2O/c1-9-5-10(7-12(17)6-9)15(18)13-8-11(16)3-4-14(13)19-2/h3-8,15H,1-2H3. The number of halogens is 3. The molecule has 0 spiro atoms. The predicted molar refractivity (Wildman–Crippen MR) is 84.6 cm³/mol. The van der Waals surface area contributed by atoms with Crippen molar-refractivity contribution >= 4 is 39.1 Å². The number of rotatable bonds is 3. The van der Waals surface area contributed by atoms with Crippen LogP contribution in [0.25, 0.3) is 0 Å². The fraction of sp³-hybridized carbons (Fsp3) is 0.200. The van der Waals surface area contributed by atoms with Crippen molar-refractivity contribution in [3.63, 3.8) is 0 Å². The van der Waals surface area contributed by atoms with Crippen molar-refractivity contribution in [3.05, 3.63) is 62.6 Å². The fourth-order valence-corrected chi connectivity index (χ4v) is 2.97. The summed E-state index contributed by atoms with van der Waals surface area (Å²) in [6, 6.07) is 11.6. The van der Waals surface area contributed by atoms with Crippen molar-refractivity contribution in [2.24, 2.45) is 0 Å². The molecule has 0 saturated heterocycles. The highest BCUT2D eigenvalue weighted by Gasteiger charge is 2.17. The third kappa shape index (κ3) is 3.44. The van der Waals surface area contributed by atoms with Gasteiger partial charge in [0.15, 0.2) is 0 Å². The van der Waals surface area contributed by atoms with Crippen LogP contribution in [0.1, 0.15) is 22.1 Å². The van der Waals surface area contributed by atoms with Gasteiger partial charge in [0.25, 0.3) is 0 Å². The Labute approximate surface area is 131 Å². The lowest BCUT2D eigenvalue weighted by Crippen LogP contribution is -1.98. The molecule has 2 aromatic rings. The van der Waals surface area contributed by atoms with Gasteiger partial charge in [-0.1, -0.05) is 33.6 Å². The Balaban J connectivity index is 2.48. The van der Waals surface area contributed by atoms with Crippen molar-refractivity contribution < 1.29 is 4.74 Å². The molecule has 0 fully saturated rings. The highest BCUT2D eigenvalue weighted by atomic mass is 79.9. The van der Waals surface area contributed by atoms with Gasteiger partial charge < -0.3 is 4.74 Å². The maximum atomic E-state index is 6.57. The Kier molecular flexibility index (Phi) is 4.77. The Hall–Kier alpha value is -0.700. The summed E-state index contributed by atoms with van der Waals surface area (Å²) in [6.45, 7) is 2.00. The van der Waals surface area contributed by atoms with E-state index in [2.05, 4.69) is 15.9 Å². The first kappa shape index (κ1) is 14.7. The number of hydrogen-bond donors (Lipinski definition) is 0. The molecule has 1 atom stereocenters. The summed E-state index contributed by atoms with van der Waals surface area (Å²) >= 11 is 16.1. The average molecular weight is 360 g/mol. The molecular weight excluding hydrogens is 347 g/mol. The second-order valence-corrected chi connectivity index (χ2v) is 6.10. The van der Waals surface area contributed by atoms with Gasteiger partial charge >= 0.3 is 0 Å². The van der Waals surface area contributed by atoms with Crippen molar-refractivity contribution in [3.8, 4) is 5.75 Å². The number of hydrogen-bond acceptors (Lipinski definition) is 1. The highest BCUT2D eigenvalue weighted by Crippen LogP contribution is 2.37. The Morgan fingerprint density at radius 2 is 1.89 bits per heavy atom. The molecule has 100 valence electrons. The van der Waals surface area contributed by atoms with Crippen LogP contribution >= 0.6 is 39.1 Å². The van der Waals surface area contributed by atoms with E-state index in [4.69, 9.17) is 27.9 Å². The minimum Gasteiger partial charge on any atom is -0.496 e. The molecule has 0 radical (unpaired) electrons. The summed E-state index contributed by atoms with van der Waals surface area (Å²) in [4.78, 5) is 0. The van der Waals surface area contributed by atoms with Crippen LogP contribution in [-0.4, -0.2) is 7.11 Å². The van der Waals surface area contributed by atoms with E-state index in [0.717, 1.165) is 26.9 Å². The zero-order chi connectivity index (χ0) is 14.0. The van der Waals surface area contributed by atoms with Crippen LogP contribution in [0.5, 0.6) is 5.75 Å². The van der Waals surface area contributed by atoms with Gasteiger partial charge in [-0.2, -0.15) is 0 Å². The molecule has 0 bridgehead atoms. The van der Waals surface area contributed by atoms with Crippen LogP contribution in [0, 0.1) is 6.92 Å².